The first-order chi connectivity index (χ1) is 14.2. The van der Waals surface area contributed by atoms with Crippen LogP contribution in [0.25, 0.3) is 22.6 Å². The van der Waals surface area contributed by atoms with Crippen LogP contribution in [0.1, 0.15) is 11.1 Å². The molecule has 5 rings (SSSR count). The minimum atomic E-state index is 0.761. The summed E-state index contributed by atoms with van der Waals surface area (Å²) in [5.74, 6) is 3.44. The van der Waals surface area contributed by atoms with Gasteiger partial charge in [-0.15, -0.1) is 0 Å². The Morgan fingerprint density at radius 2 is 1.72 bits per heavy atom. The lowest BCUT2D eigenvalue weighted by Gasteiger charge is -2.30. The molecule has 2 aromatic carbocycles. The molecule has 3 heterocycles. The summed E-state index contributed by atoms with van der Waals surface area (Å²) in [5.41, 5.74) is 5.34. The minimum Gasteiger partial charge on any atom is -0.497 e. The SMILES string of the molecule is COc1ccc2c(c1)CCN(c1cccc(-c3nc4ccc(OC)cc4[nH]3)n1)C2. The first-order valence-electron chi connectivity index (χ1n) is 9.65. The van der Waals surface area contributed by atoms with Gasteiger partial charge in [-0.3, -0.25) is 0 Å². The van der Waals surface area contributed by atoms with Gasteiger partial charge >= 0.3 is 0 Å². The molecule has 0 amide bonds. The standard InChI is InChI=1S/C23H22N4O2/c1-28-17-7-6-16-14-27(11-10-15(16)12-17)22-5-3-4-20(24-22)23-25-19-9-8-18(29-2)13-21(19)26-23/h3-9,12-13H,10-11,14H2,1-2H3,(H,25,26). The summed E-state index contributed by atoms with van der Waals surface area (Å²) in [6.07, 6.45) is 0.975. The second-order valence-electron chi connectivity index (χ2n) is 7.16. The number of hydrogen-bond acceptors (Lipinski definition) is 5. The van der Waals surface area contributed by atoms with Crippen molar-refractivity contribution in [3.8, 4) is 23.0 Å². The quantitative estimate of drug-likeness (QED) is 0.569. The Balaban J connectivity index is 1.44. The zero-order valence-corrected chi connectivity index (χ0v) is 16.5. The van der Waals surface area contributed by atoms with E-state index < -0.39 is 0 Å². The van der Waals surface area contributed by atoms with Gasteiger partial charge in [0.05, 0.1) is 25.3 Å². The smallest absolute Gasteiger partial charge is 0.157 e. The fraction of sp³-hybridized carbons (Fsp3) is 0.217. The Morgan fingerprint density at radius 1 is 0.897 bits per heavy atom. The van der Waals surface area contributed by atoms with Crippen molar-refractivity contribution in [2.24, 2.45) is 0 Å². The number of nitrogens with one attached hydrogen (secondary N) is 1. The monoisotopic (exact) mass is 386 g/mol. The molecule has 0 radical (unpaired) electrons. The van der Waals surface area contributed by atoms with E-state index in [1.54, 1.807) is 14.2 Å². The van der Waals surface area contributed by atoms with E-state index in [-0.39, 0.29) is 0 Å². The number of methoxy groups -OCH3 is 2. The van der Waals surface area contributed by atoms with Crippen LogP contribution in [0.3, 0.4) is 0 Å². The van der Waals surface area contributed by atoms with Gasteiger partial charge in [0, 0.05) is 19.2 Å². The number of pyridine rings is 1. The van der Waals surface area contributed by atoms with Gasteiger partial charge in [0.1, 0.15) is 23.0 Å². The molecule has 0 bridgehead atoms. The van der Waals surface area contributed by atoms with Crippen molar-refractivity contribution in [1.29, 1.82) is 0 Å². The van der Waals surface area contributed by atoms with Crippen molar-refractivity contribution < 1.29 is 9.47 Å². The predicted molar refractivity (Wildman–Crippen MR) is 114 cm³/mol. The molecule has 0 spiro atoms. The van der Waals surface area contributed by atoms with E-state index in [1.165, 1.54) is 11.1 Å². The summed E-state index contributed by atoms with van der Waals surface area (Å²) in [7, 11) is 3.37. The molecule has 0 fully saturated rings. The van der Waals surface area contributed by atoms with Crippen LogP contribution >= 0.6 is 0 Å². The molecular weight excluding hydrogens is 364 g/mol. The summed E-state index contributed by atoms with van der Waals surface area (Å²) in [6, 6.07) is 18.2. The summed E-state index contributed by atoms with van der Waals surface area (Å²) >= 11 is 0. The molecule has 6 heteroatoms. The number of hydrogen-bond donors (Lipinski definition) is 1. The van der Waals surface area contributed by atoms with Crippen LogP contribution in [-0.2, 0) is 13.0 Å². The summed E-state index contributed by atoms with van der Waals surface area (Å²) < 4.78 is 10.7. The molecule has 2 aromatic heterocycles. The highest BCUT2D eigenvalue weighted by Crippen LogP contribution is 2.28. The number of rotatable bonds is 4. The zero-order valence-electron chi connectivity index (χ0n) is 16.5. The average Bonchev–Trinajstić information content (AvgIpc) is 3.21. The maximum absolute atomic E-state index is 5.35. The highest BCUT2D eigenvalue weighted by Gasteiger charge is 2.19. The van der Waals surface area contributed by atoms with E-state index in [0.29, 0.717) is 0 Å². The van der Waals surface area contributed by atoms with Crippen molar-refractivity contribution in [3.63, 3.8) is 0 Å². The lowest BCUT2D eigenvalue weighted by Crippen LogP contribution is -2.31. The Bertz CT molecular complexity index is 1180. The third-order valence-corrected chi connectivity index (χ3v) is 5.42. The van der Waals surface area contributed by atoms with E-state index in [2.05, 4.69) is 28.1 Å². The molecule has 1 aliphatic rings. The van der Waals surface area contributed by atoms with Crippen LogP contribution in [-0.4, -0.2) is 35.7 Å². The van der Waals surface area contributed by atoms with Crippen molar-refractivity contribution >= 4 is 16.9 Å². The molecule has 4 aromatic rings. The number of benzene rings is 2. The first kappa shape index (κ1) is 17.6. The maximum Gasteiger partial charge on any atom is 0.157 e. The summed E-state index contributed by atoms with van der Waals surface area (Å²) in [5, 5.41) is 0. The molecule has 1 aliphatic heterocycles. The van der Waals surface area contributed by atoms with Gasteiger partial charge in [0.2, 0.25) is 0 Å². The molecule has 0 atom stereocenters. The Labute approximate surface area is 169 Å². The second-order valence-corrected chi connectivity index (χ2v) is 7.16. The van der Waals surface area contributed by atoms with E-state index in [1.807, 2.05) is 36.4 Å². The van der Waals surface area contributed by atoms with E-state index in [0.717, 1.165) is 59.4 Å². The molecule has 29 heavy (non-hydrogen) atoms. The molecule has 146 valence electrons. The number of imidazole rings is 1. The number of anilines is 1. The van der Waals surface area contributed by atoms with Gasteiger partial charge in [-0.25, -0.2) is 9.97 Å². The molecule has 0 saturated heterocycles. The van der Waals surface area contributed by atoms with Crippen molar-refractivity contribution in [2.45, 2.75) is 13.0 Å². The Kier molecular flexibility index (Phi) is 4.31. The number of H-pyrrole nitrogens is 1. The van der Waals surface area contributed by atoms with Gasteiger partial charge in [0.15, 0.2) is 5.82 Å². The topological polar surface area (TPSA) is 63.3 Å². The third-order valence-electron chi connectivity index (χ3n) is 5.42. The van der Waals surface area contributed by atoms with E-state index >= 15 is 0 Å². The van der Waals surface area contributed by atoms with Crippen LogP contribution in [0, 0.1) is 0 Å². The van der Waals surface area contributed by atoms with Gasteiger partial charge in [-0.1, -0.05) is 12.1 Å². The molecule has 0 aliphatic carbocycles. The fourth-order valence-electron chi connectivity index (χ4n) is 3.82. The minimum absolute atomic E-state index is 0.761. The summed E-state index contributed by atoms with van der Waals surface area (Å²) in [4.78, 5) is 15.2. The highest BCUT2D eigenvalue weighted by atomic mass is 16.5. The largest absolute Gasteiger partial charge is 0.497 e. The van der Waals surface area contributed by atoms with Crippen molar-refractivity contribution in [3.05, 3.63) is 65.7 Å². The lowest BCUT2D eigenvalue weighted by atomic mass is 9.99. The maximum atomic E-state index is 5.35. The normalized spacial score (nSPS) is 13.4. The third kappa shape index (κ3) is 3.27. The van der Waals surface area contributed by atoms with E-state index in [4.69, 9.17) is 19.4 Å². The van der Waals surface area contributed by atoms with Gasteiger partial charge in [-0.05, 0) is 53.9 Å². The highest BCUT2D eigenvalue weighted by molar-refractivity contribution is 5.80. The fourth-order valence-corrected chi connectivity index (χ4v) is 3.82. The molecule has 0 saturated carbocycles. The van der Waals surface area contributed by atoms with Crippen LogP contribution in [0.5, 0.6) is 11.5 Å². The van der Waals surface area contributed by atoms with Gasteiger partial charge in [-0.2, -0.15) is 0 Å². The Hall–Kier alpha value is -3.54. The van der Waals surface area contributed by atoms with Gasteiger partial charge < -0.3 is 19.4 Å². The van der Waals surface area contributed by atoms with Crippen LogP contribution in [0.4, 0.5) is 5.82 Å². The van der Waals surface area contributed by atoms with Crippen LogP contribution in [0.15, 0.2) is 54.6 Å². The number of aromatic amines is 1. The number of fused-ring (bicyclic) bond motifs is 2. The number of aromatic nitrogens is 3. The number of nitrogens with zero attached hydrogens (tertiary/aromatic N) is 3. The van der Waals surface area contributed by atoms with Crippen molar-refractivity contribution in [1.82, 2.24) is 15.0 Å². The zero-order chi connectivity index (χ0) is 19.8. The summed E-state index contributed by atoms with van der Waals surface area (Å²) in [6.45, 7) is 1.76. The van der Waals surface area contributed by atoms with Crippen LogP contribution < -0.4 is 14.4 Å². The van der Waals surface area contributed by atoms with Gasteiger partial charge in [0.25, 0.3) is 0 Å². The molecule has 1 N–H and O–H groups in total. The second kappa shape index (κ2) is 7.13. The van der Waals surface area contributed by atoms with Crippen molar-refractivity contribution in [2.75, 3.05) is 25.7 Å². The first-order valence-corrected chi connectivity index (χ1v) is 9.65. The molecule has 0 unspecified atom stereocenters. The number of ether oxygens (including phenoxy) is 2. The lowest BCUT2D eigenvalue weighted by molar-refractivity contribution is 0.413. The Morgan fingerprint density at radius 3 is 2.59 bits per heavy atom. The molecule has 6 nitrogen and oxygen atoms in total. The predicted octanol–water partition coefficient (Wildman–Crippen LogP) is 4.20. The van der Waals surface area contributed by atoms with Crippen LogP contribution in [0.2, 0.25) is 0 Å². The average molecular weight is 386 g/mol. The van der Waals surface area contributed by atoms with E-state index in [9.17, 15) is 0 Å². The molecular formula is C23H22N4O2.